The standard InChI is InChI=1S/C14H9Cl3N2O3S/c15-10-2-3-11(12(16)7-10)14(20)19-23(21,22)6-5-9-1-4-13(17)18-8-9/h1-8H,(H,19,20). The lowest BCUT2D eigenvalue weighted by Crippen LogP contribution is -2.29. The molecule has 5 nitrogen and oxygen atoms in total. The van der Waals surface area contributed by atoms with Crippen LogP contribution in [0.2, 0.25) is 15.2 Å². The predicted molar refractivity (Wildman–Crippen MR) is 91.1 cm³/mol. The molecular weight excluding hydrogens is 383 g/mol. The van der Waals surface area contributed by atoms with Gasteiger partial charge < -0.3 is 0 Å². The van der Waals surface area contributed by atoms with Crippen molar-refractivity contribution in [2.45, 2.75) is 0 Å². The summed E-state index contributed by atoms with van der Waals surface area (Å²) < 4.78 is 25.7. The summed E-state index contributed by atoms with van der Waals surface area (Å²) >= 11 is 17.2. The molecule has 0 atom stereocenters. The van der Waals surface area contributed by atoms with Gasteiger partial charge in [0.2, 0.25) is 0 Å². The second kappa shape index (κ2) is 7.31. The van der Waals surface area contributed by atoms with Crippen LogP contribution in [0.25, 0.3) is 6.08 Å². The van der Waals surface area contributed by atoms with Crippen LogP contribution in [0.1, 0.15) is 15.9 Å². The molecule has 0 aliphatic heterocycles. The number of amides is 1. The quantitative estimate of drug-likeness (QED) is 0.805. The zero-order valence-corrected chi connectivity index (χ0v) is 14.4. The molecule has 0 aliphatic carbocycles. The van der Waals surface area contributed by atoms with Crippen molar-refractivity contribution < 1.29 is 13.2 Å². The Morgan fingerprint density at radius 1 is 1.13 bits per heavy atom. The Labute approximate surface area is 147 Å². The van der Waals surface area contributed by atoms with E-state index in [0.29, 0.717) is 10.6 Å². The molecule has 120 valence electrons. The molecule has 0 spiro atoms. The zero-order valence-electron chi connectivity index (χ0n) is 11.3. The molecule has 2 aromatic rings. The van der Waals surface area contributed by atoms with Gasteiger partial charge in [-0.15, -0.1) is 0 Å². The minimum absolute atomic E-state index is 0.00111. The van der Waals surface area contributed by atoms with Gasteiger partial charge in [0.05, 0.1) is 16.0 Å². The maximum atomic E-state index is 12.0. The van der Waals surface area contributed by atoms with Gasteiger partial charge in [-0.3, -0.25) is 4.79 Å². The molecule has 0 radical (unpaired) electrons. The van der Waals surface area contributed by atoms with E-state index in [-0.39, 0.29) is 15.7 Å². The van der Waals surface area contributed by atoms with Gasteiger partial charge in [0.25, 0.3) is 15.9 Å². The molecule has 9 heteroatoms. The van der Waals surface area contributed by atoms with Crippen LogP contribution in [-0.4, -0.2) is 19.3 Å². The third-order valence-corrected chi connectivity index (χ3v) is 4.34. The van der Waals surface area contributed by atoms with Crippen LogP contribution < -0.4 is 4.72 Å². The third kappa shape index (κ3) is 5.21. The van der Waals surface area contributed by atoms with E-state index in [9.17, 15) is 13.2 Å². The number of carbonyl (C=O) groups excluding carboxylic acids is 1. The fourth-order valence-electron chi connectivity index (χ4n) is 1.55. The zero-order chi connectivity index (χ0) is 17.0. The Kier molecular flexibility index (Phi) is 5.64. The van der Waals surface area contributed by atoms with Crippen LogP contribution in [0.15, 0.2) is 41.9 Å². The molecule has 23 heavy (non-hydrogen) atoms. The maximum absolute atomic E-state index is 12.0. The number of hydrogen-bond donors (Lipinski definition) is 1. The van der Waals surface area contributed by atoms with Gasteiger partial charge in [-0.05, 0) is 35.9 Å². The van der Waals surface area contributed by atoms with E-state index in [1.165, 1.54) is 36.5 Å². The first-order valence-electron chi connectivity index (χ1n) is 6.09. The molecule has 0 bridgehead atoms. The number of rotatable bonds is 4. The Hall–Kier alpha value is -1.60. The summed E-state index contributed by atoms with van der Waals surface area (Å²) in [4.78, 5) is 15.8. The fraction of sp³-hybridized carbons (Fsp3) is 0. The van der Waals surface area contributed by atoms with Crippen molar-refractivity contribution in [3.63, 3.8) is 0 Å². The Bertz CT molecular complexity index is 865. The molecule has 1 N–H and O–H groups in total. The van der Waals surface area contributed by atoms with E-state index in [2.05, 4.69) is 4.98 Å². The minimum atomic E-state index is -4.00. The number of carbonyl (C=O) groups is 1. The van der Waals surface area contributed by atoms with Crippen molar-refractivity contribution in [3.8, 4) is 0 Å². The summed E-state index contributed by atoms with van der Waals surface area (Å²) in [5, 5.41) is 1.52. The smallest absolute Gasteiger partial charge is 0.266 e. The highest BCUT2D eigenvalue weighted by Crippen LogP contribution is 2.21. The molecule has 1 aromatic carbocycles. The molecule has 0 saturated heterocycles. The van der Waals surface area contributed by atoms with E-state index in [1.54, 1.807) is 6.07 Å². The van der Waals surface area contributed by atoms with Gasteiger partial charge in [-0.25, -0.2) is 18.1 Å². The largest absolute Gasteiger partial charge is 0.268 e. The van der Waals surface area contributed by atoms with Crippen molar-refractivity contribution >= 4 is 56.8 Å². The third-order valence-electron chi connectivity index (χ3n) is 2.60. The maximum Gasteiger partial charge on any atom is 0.266 e. The average Bonchev–Trinajstić information content (AvgIpc) is 2.46. The lowest BCUT2D eigenvalue weighted by Gasteiger charge is -2.05. The van der Waals surface area contributed by atoms with Gasteiger partial charge >= 0.3 is 0 Å². The Morgan fingerprint density at radius 2 is 1.87 bits per heavy atom. The highest BCUT2D eigenvalue weighted by molar-refractivity contribution is 7.93. The average molecular weight is 392 g/mol. The summed E-state index contributed by atoms with van der Waals surface area (Å²) in [7, 11) is -4.00. The molecule has 0 saturated carbocycles. The van der Waals surface area contributed by atoms with E-state index in [4.69, 9.17) is 34.8 Å². The summed E-state index contributed by atoms with van der Waals surface area (Å²) in [6, 6.07) is 7.21. The van der Waals surface area contributed by atoms with Gasteiger partial charge in [-0.2, -0.15) is 0 Å². The second-order valence-electron chi connectivity index (χ2n) is 4.32. The number of nitrogens with one attached hydrogen (secondary N) is 1. The first-order chi connectivity index (χ1) is 10.8. The van der Waals surface area contributed by atoms with Crippen LogP contribution in [-0.2, 0) is 10.0 Å². The SMILES string of the molecule is O=C(NS(=O)(=O)C=Cc1ccc(Cl)nc1)c1ccc(Cl)cc1Cl. The molecular formula is C14H9Cl3N2O3S. The molecule has 2 rings (SSSR count). The van der Waals surface area contributed by atoms with Crippen molar-refractivity contribution in [1.82, 2.24) is 9.71 Å². The number of sulfonamides is 1. The molecule has 0 fully saturated rings. The van der Waals surface area contributed by atoms with Crippen LogP contribution in [0, 0.1) is 0 Å². The summed E-state index contributed by atoms with van der Waals surface area (Å²) in [5.74, 6) is -0.856. The lowest BCUT2D eigenvalue weighted by molar-refractivity contribution is 0.0982. The first-order valence-corrected chi connectivity index (χ1v) is 8.77. The highest BCUT2D eigenvalue weighted by Gasteiger charge is 2.16. The van der Waals surface area contributed by atoms with Crippen molar-refractivity contribution in [2.75, 3.05) is 0 Å². The summed E-state index contributed by atoms with van der Waals surface area (Å²) in [6.07, 6.45) is 2.68. The minimum Gasteiger partial charge on any atom is -0.268 e. The number of aromatic nitrogens is 1. The van der Waals surface area contributed by atoms with Crippen molar-refractivity contribution in [3.05, 3.63) is 68.3 Å². The first kappa shape index (κ1) is 17.7. The Morgan fingerprint density at radius 3 is 2.48 bits per heavy atom. The monoisotopic (exact) mass is 390 g/mol. The normalized spacial score (nSPS) is 11.6. The number of halogens is 3. The lowest BCUT2D eigenvalue weighted by atomic mass is 10.2. The van der Waals surface area contributed by atoms with Crippen LogP contribution in [0.4, 0.5) is 0 Å². The van der Waals surface area contributed by atoms with E-state index < -0.39 is 15.9 Å². The van der Waals surface area contributed by atoms with E-state index >= 15 is 0 Å². The van der Waals surface area contributed by atoms with Crippen LogP contribution >= 0.6 is 34.8 Å². The molecule has 1 aromatic heterocycles. The molecule has 1 heterocycles. The second-order valence-corrected chi connectivity index (χ2v) is 7.11. The highest BCUT2D eigenvalue weighted by atomic mass is 35.5. The van der Waals surface area contributed by atoms with Gasteiger partial charge in [-0.1, -0.05) is 40.9 Å². The van der Waals surface area contributed by atoms with Crippen molar-refractivity contribution in [2.24, 2.45) is 0 Å². The van der Waals surface area contributed by atoms with E-state index in [0.717, 1.165) is 5.41 Å². The predicted octanol–water partition coefficient (Wildman–Crippen LogP) is 3.77. The summed E-state index contributed by atoms with van der Waals surface area (Å²) in [6.45, 7) is 0. The van der Waals surface area contributed by atoms with Gasteiger partial charge in [0, 0.05) is 11.2 Å². The molecule has 0 aliphatic rings. The van der Waals surface area contributed by atoms with Crippen molar-refractivity contribution in [1.29, 1.82) is 0 Å². The summed E-state index contributed by atoms with van der Waals surface area (Å²) in [5.41, 5.74) is 0.512. The number of nitrogens with zero attached hydrogens (tertiary/aromatic N) is 1. The van der Waals surface area contributed by atoms with E-state index in [1.807, 2.05) is 4.72 Å². The van der Waals surface area contributed by atoms with Crippen LogP contribution in [0.3, 0.4) is 0 Å². The number of hydrogen-bond acceptors (Lipinski definition) is 4. The van der Waals surface area contributed by atoms with Gasteiger partial charge in [0.15, 0.2) is 0 Å². The van der Waals surface area contributed by atoms with Crippen LogP contribution in [0.5, 0.6) is 0 Å². The fourth-order valence-corrected chi connectivity index (χ4v) is 2.92. The Balaban J connectivity index is 2.14. The number of pyridine rings is 1. The topological polar surface area (TPSA) is 76.1 Å². The van der Waals surface area contributed by atoms with Gasteiger partial charge in [0.1, 0.15) is 5.15 Å². The number of benzene rings is 1. The molecule has 0 unspecified atom stereocenters. The molecule has 1 amide bonds.